The van der Waals surface area contributed by atoms with E-state index < -0.39 is 5.41 Å². The largest absolute Gasteiger partial charge is 0.466 e. The van der Waals surface area contributed by atoms with Crippen molar-refractivity contribution in [2.45, 2.75) is 13.8 Å². The van der Waals surface area contributed by atoms with E-state index in [0.717, 1.165) is 0 Å². The van der Waals surface area contributed by atoms with Crippen LogP contribution < -0.4 is 0 Å². The number of Topliss-reactive ketones (excluding diaryl/α,β-unsaturated/α-hetero) is 2. The highest BCUT2D eigenvalue weighted by molar-refractivity contribution is 6.17. The normalized spacial score (nSPS) is 40.8. The number of ketones is 2. The van der Waals surface area contributed by atoms with Crippen molar-refractivity contribution in [2.24, 2.45) is 29.1 Å². The van der Waals surface area contributed by atoms with Crippen molar-refractivity contribution in [3.05, 3.63) is 11.6 Å². The minimum Gasteiger partial charge on any atom is -0.466 e. The van der Waals surface area contributed by atoms with E-state index in [1.807, 2.05) is 0 Å². The molecule has 3 aliphatic carbocycles. The Bertz CT molecular complexity index is 486. The van der Waals surface area contributed by atoms with Gasteiger partial charge in [0.15, 0.2) is 0 Å². The second kappa shape index (κ2) is 2.86. The molecule has 0 radical (unpaired) electrons. The minimum absolute atomic E-state index is 0.0109. The summed E-state index contributed by atoms with van der Waals surface area (Å²) in [6.07, 6.45) is 1.80. The number of allylic oxidation sites excluding steroid dienone is 1. The quantitative estimate of drug-likeness (QED) is 0.496. The lowest BCUT2D eigenvalue weighted by Gasteiger charge is -2.52. The molecule has 0 aromatic heterocycles. The molecule has 0 unspecified atom stereocenters. The summed E-state index contributed by atoms with van der Waals surface area (Å²) in [5, 5.41) is 0. The fourth-order valence-electron chi connectivity index (χ4n) is 3.53. The van der Waals surface area contributed by atoms with Crippen LogP contribution in [0.2, 0.25) is 0 Å². The molecule has 0 saturated heterocycles. The van der Waals surface area contributed by atoms with Gasteiger partial charge in [-0.15, -0.1) is 0 Å². The fraction of sp³-hybridized carbons (Fsp3) is 0.615. The number of hydrogen-bond acceptors (Lipinski definition) is 4. The maximum absolute atomic E-state index is 12.1. The molecule has 2 fully saturated rings. The first kappa shape index (κ1) is 10.7. The molecule has 0 aromatic rings. The van der Waals surface area contributed by atoms with E-state index in [2.05, 4.69) is 4.74 Å². The monoisotopic (exact) mass is 234 g/mol. The van der Waals surface area contributed by atoms with E-state index in [-0.39, 0.29) is 41.2 Å². The van der Waals surface area contributed by atoms with Gasteiger partial charge in [-0.2, -0.15) is 0 Å². The van der Waals surface area contributed by atoms with Crippen molar-refractivity contribution in [1.82, 2.24) is 0 Å². The minimum atomic E-state index is -0.873. The lowest BCUT2D eigenvalue weighted by Crippen LogP contribution is -2.55. The van der Waals surface area contributed by atoms with Gasteiger partial charge in [0.05, 0.1) is 12.5 Å². The molecular weight excluding hydrogens is 220 g/mol. The molecule has 4 heteroatoms. The molecule has 4 atom stereocenters. The van der Waals surface area contributed by atoms with Gasteiger partial charge >= 0.3 is 5.97 Å². The predicted molar refractivity (Wildman–Crippen MR) is 57.9 cm³/mol. The van der Waals surface area contributed by atoms with E-state index in [1.165, 1.54) is 7.11 Å². The van der Waals surface area contributed by atoms with Gasteiger partial charge in [-0.1, -0.05) is 6.08 Å². The van der Waals surface area contributed by atoms with E-state index in [9.17, 15) is 14.4 Å². The highest BCUT2D eigenvalue weighted by Crippen LogP contribution is 2.64. The highest BCUT2D eigenvalue weighted by Gasteiger charge is 2.71. The van der Waals surface area contributed by atoms with Gasteiger partial charge in [-0.05, 0) is 19.8 Å². The third-order valence-corrected chi connectivity index (χ3v) is 4.59. The number of esters is 1. The van der Waals surface area contributed by atoms with Gasteiger partial charge in [-0.3, -0.25) is 9.59 Å². The fourth-order valence-corrected chi connectivity index (χ4v) is 3.53. The maximum Gasteiger partial charge on any atom is 0.333 e. The van der Waals surface area contributed by atoms with Crippen molar-refractivity contribution < 1.29 is 19.1 Å². The van der Waals surface area contributed by atoms with E-state index in [1.54, 1.807) is 19.9 Å². The average Bonchev–Trinajstić information content (AvgIpc) is 2.39. The average molecular weight is 234 g/mol. The zero-order chi connectivity index (χ0) is 12.5. The van der Waals surface area contributed by atoms with E-state index >= 15 is 0 Å². The molecule has 3 rings (SSSR count). The molecule has 0 aliphatic heterocycles. The molecule has 2 saturated carbocycles. The van der Waals surface area contributed by atoms with Crippen LogP contribution in [-0.2, 0) is 19.1 Å². The SMILES string of the molecule is COC(=O)C1=C[C@H]2[C@H]3C(=O)C(C)(C)C(=O)[C@H]3[C@@H]12. The van der Waals surface area contributed by atoms with Crippen molar-refractivity contribution in [1.29, 1.82) is 0 Å². The van der Waals surface area contributed by atoms with Crippen LogP contribution in [-0.4, -0.2) is 24.6 Å². The molecule has 0 spiro atoms. The molecule has 0 N–H and O–H groups in total. The Kier molecular flexibility index (Phi) is 1.80. The summed E-state index contributed by atoms with van der Waals surface area (Å²) >= 11 is 0. The first-order valence-corrected chi connectivity index (χ1v) is 5.80. The number of methoxy groups -OCH3 is 1. The topological polar surface area (TPSA) is 60.4 Å². The smallest absolute Gasteiger partial charge is 0.333 e. The maximum atomic E-state index is 12.1. The van der Waals surface area contributed by atoms with Gasteiger partial charge in [0, 0.05) is 23.3 Å². The van der Waals surface area contributed by atoms with Crippen LogP contribution in [0.1, 0.15) is 13.8 Å². The standard InChI is InChI=1S/C13H14O4/c1-13(2)10(14)8-5-4-6(12(16)17-3)7(5)9(8)11(13)15/h4-5,7-9H,1-3H3/t5-,7-,8-,9+/m1/s1. The molecule has 0 heterocycles. The predicted octanol–water partition coefficient (Wildman–Crippen LogP) is 0.756. The molecule has 0 amide bonds. The third-order valence-electron chi connectivity index (χ3n) is 4.59. The Labute approximate surface area is 99.0 Å². The summed E-state index contributed by atoms with van der Waals surface area (Å²) in [6, 6.07) is 0. The Morgan fingerprint density at radius 1 is 1.18 bits per heavy atom. The Morgan fingerprint density at radius 2 is 1.76 bits per heavy atom. The van der Waals surface area contributed by atoms with E-state index in [4.69, 9.17) is 0 Å². The zero-order valence-electron chi connectivity index (χ0n) is 10.0. The Hall–Kier alpha value is -1.45. The zero-order valence-corrected chi connectivity index (χ0v) is 10.0. The third kappa shape index (κ3) is 0.972. The summed E-state index contributed by atoms with van der Waals surface area (Å²) in [7, 11) is 1.33. The lowest BCUT2D eigenvalue weighted by atomic mass is 9.49. The molecule has 0 bridgehead atoms. The molecule has 3 aliphatic rings. The van der Waals surface area contributed by atoms with Crippen LogP contribution in [0, 0.1) is 29.1 Å². The van der Waals surface area contributed by atoms with Gasteiger partial charge < -0.3 is 4.74 Å². The Balaban J connectivity index is 1.93. The highest BCUT2D eigenvalue weighted by atomic mass is 16.5. The Morgan fingerprint density at radius 3 is 2.35 bits per heavy atom. The first-order valence-electron chi connectivity index (χ1n) is 5.80. The van der Waals surface area contributed by atoms with Crippen molar-refractivity contribution >= 4 is 17.5 Å². The number of ether oxygens (including phenoxy) is 1. The summed E-state index contributed by atoms with van der Waals surface area (Å²) < 4.78 is 4.67. The summed E-state index contributed by atoms with van der Waals surface area (Å²) in [5.74, 6) is -0.776. The van der Waals surface area contributed by atoms with Gasteiger partial charge in [0.25, 0.3) is 0 Å². The van der Waals surface area contributed by atoms with Crippen LogP contribution in [0.15, 0.2) is 11.6 Å². The van der Waals surface area contributed by atoms with E-state index in [0.29, 0.717) is 5.57 Å². The number of carbonyl (C=O) groups excluding carboxylic acids is 3. The van der Waals surface area contributed by atoms with Crippen LogP contribution in [0.25, 0.3) is 0 Å². The molecule has 90 valence electrons. The van der Waals surface area contributed by atoms with Gasteiger partial charge in [-0.25, -0.2) is 4.79 Å². The number of carbonyl (C=O) groups is 3. The summed E-state index contributed by atoms with van der Waals surface area (Å²) in [6.45, 7) is 3.38. The second-order valence-electron chi connectivity index (χ2n) is 5.62. The van der Waals surface area contributed by atoms with Crippen molar-refractivity contribution in [3.8, 4) is 0 Å². The molecule has 17 heavy (non-hydrogen) atoms. The molecule has 0 aromatic carbocycles. The summed E-state index contributed by atoms with van der Waals surface area (Å²) in [5.41, 5.74) is -0.292. The van der Waals surface area contributed by atoms with Gasteiger partial charge in [0.2, 0.25) is 0 Å². The van der Waals surface area contributed by atoms with Crippen LogP contribution in [0.4, 0.5) is 0 Å². The number of fused-ring (bicyclic) bond motifs is 4. The molecular formula is C13H14O4. The van der Waals surface area contributed by atoms with Crippen LogP contribution >= 0.6 is 0 Å². The van der Waals surface area contributed by atoms with Gasteiger partial charge in [0.1, 0.15) is 11.6 Å². The number of hydrogen-bond donors (Lipinski definition) is 0. The van der Waals surface area contributed by atoms with Crippen LogP contribution in [0.5, 0.6) is 0 Å². The number of rotatable bonds is 1. The summed E-state index contributed by atoms with van der Waals surface area (Å²) in [4.78, 5) is 35.6. The van der Waals surface area contributed by atoms with Crippen LogP contribution in [0.3, 0.4) is 0 Å². The van der Waals surface area contributed by atoms with Crippen molar-refractivity contribution in [3.63, 3.8) is 0 Å². The first-order chi connectivity index (χ1) is 7.91. The van der Waals surface area contributed by atoms with Crippen molar-refractivity contribution in [2.75, 3.05) is 7.11 Å². The lowest BCUT2D eigenvalue weighted by molar-refractivity contribution is -0.144. The second-order valence-corrected chi connectivity index (χ2v) is 5.62. The molecule has 4 nitrogen and oxygen atoms in total.